The summed E-state index contributed by atoms with van der Waals surface area (Å²) in [5.74, 6) is -0.659. The summed E-state index contributed by atoms with van der Waals surface area (Å²) in [5.41, 5.74) is 10.9. The van der Waals surface area contributed by atoms with E-state index < -0.39 is 15.9 Å². The van der Waals surface area contributed by atoms with Crippen molar-refractivity contribution in [1.82, 2.24) is 4.72 Å². The van der Waals surface area contributed by atoms with E-state index in [1.54, 1.807) is 0 Å². The molecule has 1 unspecified atom stereocenters. The molecular weight excluding hydrogens is 270 g/mol. The number of anilines is 1. The molecule has 1 aliphatic heterocycles. The van der Waals surface area contributed by atoms with Crippen molar-refractivity contribution < 1.29 is 17.9 Å². The number of primary amides is 1. The Morgan fingerprint density at radius 1 is 1.42 bits per heavy atom. The van der Waals surface area contributed by atoms with Gasteiger partial charge in [0.25, 0.3) is 0 Å². The Kier molecular flexibility index (Phi) is 3.74. The van der Waals surface area contributed by atoms with E-state index in [0.29, 0.717) is 19.6 Å². The van der Waals surface area contributed by atoms with Gasteiger partial charge in [-0.2, -0.15) is 0 Å². The van der Waals surface area contributed by atoms with Gasteiger partial charge in [0.05, 0.1) is 12.3 Å². The van der Waals surface area contributed by atoms with Crippen LogP contribution in [-0.4, -0.2) is 33.6 Å². The summed E-state index contributed by atoms with van der Waals surface area (Å²) in [6.07, 6.45) is 0.624. The zero-order valence-electron chi connectivity index (χ0n) is 10.1. The maximum Gasteiger partial charge on any atom is 0.248 e. The van der Waals surface area contributed by atoms with E-state index in [4.69, 9.17) is 16.2 Å². The highest BCUT2D eigenvalue weighted by Gasteiger charge is 2.25. The highest BCUT2D eigenvalue weighted by molar-refractivity contribution is 7.89. The molecule has 1 atom stereocenters. The number of benzene rings is 1. The van der Waals surface area contributed by atoms with Crippen molar-refractivity contribution in [3.05, 3.63) is 23.8 Å². The summed E-state index contributed by atoms with van der Waals surface area (Å²) in [6, 6.07) is 3.61. The van der Waals surface area contributed by atoms with Crippen molar-refractivity contribution >= 4 is 21.6 Å². The molecule has 0 aromatic heterocycles. The molecule has 8 heteroatoms. The zero-order valence-corrected chi connectivity index (χ0v) is 10.9. The van der Waals surface area contributed by atoms with Gasteiger partial charge in [-0.25, -0.2) is 13.1 Å². The van der Waals surface area contributed by atoms with Gasteiger partial charge in [-0.05, 0) is 24.6 Å². The fourth-order valence-corrected chi connectivity index (χ4v) is 3.22. The van der Waals surface area contributed by atoms with Crippen LogP contribution < -0.4 is 16.2 Å². The average Bonchev–Trinajstić information content (AvgIpc) is 2.80. The lowest BCUT2D eigenvalue weighted by atomic mass is 10.2. The van der Waals surface area contributed by atoms with Gasteiger partial charge >= 0.3 is 0 Å². The minimum atomic E-state index is -3.72. The van der Waals surface area contributed by atoms with E-state index in [1.807, 2.05) is 0 Å². The molecule has 1 aromatic rings. The van der Waals surface area contributed by atoms with Crippen LogP contribution in [-0.2, 0) is 14.8 Å². The maximum atomic E-state index is 12.1. The van der Waals surface area contributed by atoms with Crippen LogP contribution >= 0.6 is 0 Å². The third-order valence-corrected chi connectivity index (χ3v) is 4.43. The van der Waals surface area contributed by atoms with Crippen molar-refractivity contribution in [2.24, 2.45) is 5.73 Å². The lowest BCUT2D eigenvalue weighted by molar-refractivity contribution is 0.1000. The molecule has 1 heterocycles. The Balaban J connectivity index is 2.27. The van der Waals surface area contributed by atoms with Gasteiger partial charge in [-0.1, -0.05) is 0 Å². The van der Waals surface area contributed by atoms with Crippen LogP contribution in [0.1, 0.15) is 16.8 Å². The summed E-state index contributed by atoms with van der Waals surface area (Å²) in [7, 11) is -3.72. The Morgan fingerprint density at radius 2 is 2.16 bits per heavy atom. The molecular formula is C11H15N3O4S. The van der Waals surface area contributed by atoms with Crippen molar-refractivity contribution in [2.75, 3.05) is 18.9 Å². The second-order valence-corrected chi connectivity index (χ2v) is 5.98. The Labute approximate surface area is 111 Å². The van der Waals surface area contributed by atoms with Gasteiger partial charge in [-0.3, -0.25) is 4.79 Å². The molecule has 7 nitrogen and oxygen atoms in total. The first-order valence-electron chi connectivity index (χ1n) is 5.69. The fraction of sp³-hybridized carbons (Fsp3) is 0.364. The third-order valence-electron chi connectivity index (χ3n) is 2.84. The molecule has 1 aliphatic rings. The maximum absolute atomic E-state index is 12.1. The van der Waals surface area contributed by atoms with E-state index in [0.717, 1.165) is 0 Å². The molecule has 0 saturated carbocycles. The van der Waals surface area contributed by atoms with Crippen molar-refractivity contribution in [1.29, 1.82) is 0 Å². The van der Waals surface area contributed by atoms with Gasteiger partial charge in [0.15, 0.2) is 0 Å². The second kappa shape index (κ2) is 5.16. The number of carbonyl (C=O) groups excluding carboxylic acids is 1. The largest absolute Gasteiger partial charge is 0.398 e. The molecule has 1 amide bonds. The van der Waals surface area contributed by atoms with Crippen LogP contribution in [0, 0.1) is 0 Å². The minimum Gasteiger partial charge on any atom is -0.398 e. The standard InChI is InChI=1S/C11H15N3O4S/c12-9-5-7(11(13)15)1-2-10(9)19(16,17)14-8-3-4-18-6-8/h1-2,5,8,14H,3-4,6,12H2,(H2,13,15). The molecule has 19 heavy (non-hydrogen) atoms. The zero-order chi connectivity index (χ0) is 14.0. The minimum absolute atomic E-state index is 0.0114. The summed E-state index contributed by atoms with van der Waals surface area (Å²) in [6.45, 7) is 0.877. The first-order chi connectivity index (χ1) is 8.90. The lowest BCUT2D eigenvalue weighted by Gasteiger charge is -2.13. The summed E-state index contributed by atoms with van der Waals surface area (Å²) < 4.78 is 31.9. The van der Waals surface area contributed by atoms with Crippen LogP contribution in [0.25, 0.3) is 0 Å². The fourth-order valence-electron chi connectivity index (χ4n) is 1.86. The lowest BCUT2D eigenvalue weighted by Crippen LogP contribution is -2.35. The Hall–Kier alpha value is -1.64. The highest BCUT2D eigenvalue weighted by Crippen LogP contribution is 2.20. The number of hydrogen-bond donors (Lipinski definition) is 3. The van der Waals surface area contributed by atoms with Crippen LogP contribution in [0.2, 0.25) is 0 Å². The van der Waals surface area contributed by atoms with Crippen LogP contribution in [0.4, 0.5) is 5.69 Å². The first-order valence-corrected chi connectivity index (χ1v) is 7.18. The predicted octanol–water partition coefficient (Wildman–Crippen LogP) is -0.565. The van der Waals surface area contributed by atoms with E-state index >= 15 is 0 Å². The molecule has 2 rings (SSSR count). The monoisotopic (exact) mass is 285 g/mol. The van der Waals surface area contributed by atoms with Crippen molar-refractivity contribution in [2.45, 2.75) is 17.4 Å². The molecule has 1 aromatic carbocycles. The number of hydrogen-bond acceptors (Lipinski definition) is 5. The van der Waals surface area contributed by atoms with Crippen LogP contribution in [0.5, 0.6) is 0 Å². The molecule has 0 spiro atoms. The van der Waals surface area contributed by atoms with Crippen molar-refractivity contribution in [3.8, 4) is 0 Å². The molecule has 104 valence electrons. The smallest absolute Gasteiger partial charge is 0.248 e. The topological polar surface area (TPSA) is 125 Å². The number of sulfonamides is 1. The molecule has 1 fully saturated rings. The highest BCUT2D eigenvalue weighted by atomic mass is 32.2. The first kappa shape index (κ1) is 13.8. The van der Waals surface area contributed by atoms with Gasteiger partial charge in [-0.15, -0.1) is 0 Å². The normalized spacial score (nSPS) is 19.5. The molecule has 5 N–H and O–H groups in total. The average molecular weight is 285 g/mol. The molecule has 0 bridgehead atoms. The SMILES string of the molecule is NC(=O)c1ccc(S(=O)(=O)NC2CCOC2)c(N)c1. The van der Waals surface area contributed by atoms with E-state index in [1.165, 1.54) is 18.2 Å². The Bertz CT molecular complexity index is 594. The number of amides is 1. The van der Waals surface area contributed by atoms with E-state index in [-0.39, 0.29) is 22.2 Å². The van der Waals surface area contributed by atoms with E-state index in [2.05, 4.69) is 4.72 Å². The number of rotatable bonds is 4. The summed E-state index contributed by atoms with van der Waals surface area (Å²) in [5, 5.41) is 0. The number of ether oxygens (including phenoxy) is 1. The number of carbonyl (C=O) groups is 1. The molecule has 0 radical (unpaired) electrons. The third kappa shape index (κ3) is 3.03. The van der Waals surface area contributed by atoms with Gasteiger partial charge in [0.2, 0.25) is 15.9 Å². The van der Waals surface area contributed by atoms with Gasteiger partial charge in [0, 0.05) is 18.2 Å². The second-order valence-electron chi connectivity index (χ2n) is 4.30. The van der Waals surface area contributed by atoms with Gasteiger partial charge < -0.3 is 16.2 Å². The number of nitrogens with one attached hydrogen (secondary N) is 1. The summed E-state index contributed by atoms with van der Waals surface area (Å²) >= 11 is 0. The molecule has 0 aliphatic carbocycles. The Morgan fingerprint density at radius 3 is 2.68 bits per heavy atom. The quantitative estimate of drug-likeness (QED) is 0.639. The van der Waals surface area contributed by atoms with Crippen LogP contribution in [0.3, 0.4) is 0 Å². The van der Waals surface area contributed by atoms with Crippen LogP contribution in [0.15, 0.2) is 23.1 Å². The number of nitrogen functional groups attached to an aromatic ring is 1. The van der Waals surface area contributed by atoms with E-state index in [9.17, 15) is 13.2 Å². The number of nitrogens with two attached hydrogens (primary N) is 2. The van der Waals surface area contributed by atoms with Gasteiger partial charge in [0.1, 0.15) is 4.90 Å². The summed E-state index contributed by atoms with van der Waals surface area (Å²) in [4.78, 5) is 10.9. The predicted molar refractivity (Wildman–Crippen MR) is 68.9 cm³/mol. The molecule has 1 saturated heterocycles. The van der Waals surface area contributed by atoms with Crippen molar-refractivity contribution in [3.63, 3.8) is 0 Å².